The molecule has 1 rings (SSSR count). The lowest BCUT2D eigenvalue weighted by atomic mass is 9.96. The van der Waals surface area contributed by atoms with E-state index in [-0.39, 0.29) is 11.3 Å². The van der Waals surface area contributed by atoms with Crippen LogP contribution < -0.4 is 0 Å². The van der Waals surface area contributed by atoms with Gasteiger partial charge >= 0.3 is 5.97 Å². The van der Waals surface area contributed by atoms with Crippen LogP contribution in [0, 0.1) is 16.7 Å². The third-order valence-corrected chi connectivity index (χ3v) is 3.76. The van der Waals surface area contributed by atoms with Crippen LogP contribution in [-0.2, 0) is 4.79 Å². The second-order valence-electron chi connectivity index (χ2n) is 4.01. The number of carbonyl (C=O) groups is 1. The number of allylic oxidation sites excluding steroid dienone is 2. The molecule has 2 nitrogen and oxygen atoms in total. The molecule has 0 aromatic heterocycles. The monoisotopic (exact) mass is 168 g/mol. The van der Waals surface area contributed by atoms with Gasteiger partial charge in [-0.15, -0.1) is 0 Å². The predicted molar refractivity (Wildman–Crippen MR) is 47.8 cm³/mol. The Morgan fingerprint density at radius 1 is 1.50 bits per heavy atom. The summed E-state index contributed by atoms with van der Waals surface area (Å²) in [5, 5.41) is 9.01. The summed E-state index contributed by atoms with van der Waals surface area (Å²) in [6, 6.07) is 0. The van der Waals surface area contributed by atoms with Crippen LogP contribution in [0.25, 0.3) is 0 Å². The van der Waals surface area contributed by atoms with E-state index >= 15 is 0 Å². The van der Waals surface area contributed by atoms with Crippen molar-refractivity contribution in [1.82, 2.24) is 0 Å². The first-order chi connectivity index (χ1) is 5.41. The summed E-state index contributed by atoms with van der Waals surface area (Å²) >= 11 is 0. The van der Waals surface area contributed by atoms with E-state index in [2.05, 4.69) is 0 Å². The predicted octanol–water partition coefficient (Wildman–Crippen LogP) is 2.31. The molecule has 68 valence electrons. The number of aliphatic carboxylic acids is 1. The van der Waals surface area contributed by atoms with Crippen molar-refractivity contribution in [1.29, 1.82) is 0 Å². The number of carboxylic acids is 1. The molecule has 1 N–H and O–H groups in total. The Morgan fingerprint density at radius 2 is 2.00 bits per heavy atom. The van der Waals surface area contributed by atoms with Crippen molar-refractivity contribution in [2.45, 2.75) is 27.7 Å². The molecule has 0 saturated heterocycles. The van der Waals surface area contributed by atoms with E-state index in [9.17, 15) is 4.79 Å². The molecule has 1 saturated carbocycles. The fourth-order valence-electron chi connectivity index (χ4n) is 2.17. The van der Waals surface area contributed by atoms with E-state index in [4.69, 9.17) is 5.11 Å². The topological polar surface area (TPSA) is 37.3 Å². The standard InChI is InChI=1S/C10H16O2/c1-5-6-9(3)7(2)10(9,4)8(11)12/h5-7H,1-4H3,(H,11,12). The van der Waals surface area contributed by atoms with Crippen molar-refractivity contribution < 1.29 is 9.90 Å². The molecule has 0 bridgehead atoms. The highest BCUT2D eigenvalue weighted by atomic mass is 16.4. The van der Waals surface area contributed by atoms with Gasteiger partial charge in [-0.05, 0) is 19.8 Å². The van der Waals surface area contributed by atoms with Crippen LogP contribution in [0.5, 0.6) is 0 Å². The van der Waals surface area contributed by atoms with Gasteiger partial charge in [-0.2, -0.15) is 0 Å². The third kappa shape index (κ3) is 0.780. The maximum Gasteiger partial charge on any atom is 0.310 e. The summed E-state index contributed by atoms with van der Waals surface area (Å²) in [6.07, 6.45) is 3.94. The highest BCUT2D eigenvalue weighted by Crippen LogP contribution is 2.69. The van der Waals surface area contributed by atoms with Gasteiger partial charge in [0.1, 0.15) is 0 Å². The van der Waals surface area contributed by atoms with Gasteiger partial charge in [0.15, 0.2) is 0 Å². The molecule has 0 radical (unpaired) electrons. The first-order valence-electron chi connectivity index (χ1n) is 4.28. The van der Waals surface area contributed by atoms with Crippen LogP contribution in [0.4, 0.5) is 0 Å². The molecule has 0 aromatic carbocycles. The van der Waals surface area contributed by atoms with Crippen LogP contribution in [0.2, 0.25) is 0 Å². The van der Waals surface area contributed by atoms with E-state index in [1.165, 1.54) is 0 Å². The Bertz CT molecular complexity index is 244. The summed E-state index contributed by atoms with van der Waals surface area (Å²) in [5.41, 5.74) is -0.701. The molecule has 0 spiro atoms. The minimum absolute atomic E-state index is 0.145. The Balaban J connectivity index is 2.95. The van der Waals surface area contributed by atoms with Gasteiger partial charge in [0, 0.05) is 5.41 Å². The van der Waals surface area contributed by atoms with Crippen molar-refractivity contribution in [2.24, 2.45) is 16.7 Å². The fraction of sp³-hybridized carbons (Fsp3) is 0.700. The van der Waals surface area contributed by atoms with Gasteiger partial charge in [-0.25, -0.2) is 0 Å². The SMILES string of the molecule is CC=CC1(C)C(C)C1(C)C(=O)O. The summed E-state index contributed by atoms with van der Waals surface area (Å²) in [6.45, 7) is 7.75. The molecule has 0 amide bonds. The number of rotatable bonds is 2. The Labute approximate surface area is 73.3 Å². The van der Waals surface area contributed by atoms with Crippen molar-refractivity contribution in [3.8, 4) is 0 Å². The summed E-state index contributed by atoms with van der Waals surface area (Å²) < 4.78 is 0. The van der Waals surface area contributed by atoms with Crippen LogP contribution in [0.1, 0.15) is 27.7 Å². The summed E-state index contributed by atoms with van der Waals surface area (Å²) in [5.74, 6) is -0.450. The van der Waals surface area contributed by atoms with Crippen LogP contribution in [-0.4, -0.2) is 11.1 Å². The van der Waals surface area contributed by atoms with Crippen molar-refractivity contribution in [3.05, 3.63) is 12.2 Å². The molecule has 1 aliphatic carbocycles. The number of carboxylic acid groups (broad SMARTS) is 1. The Kier molecular flexibility index (Phi) is 1.82. The molecule has 0 aliphatic heterocycles. The zero-order chi connectivity index (χ0) is 9.57. The van der Waals surface area contributed by atoms with Gasteiger partial charge < -0.3 is 5.11 Å². The van der Waals surface area contributed by atoms with Crippen molar-refractivity contribution in [2.75, 3.05) is 0 Å². The smallest absolute Gasteiger partial charge is 0.310 e. The minimum atomic E-state index is -0.685. The van der Waals surface area contributed by atoms with Gasteiger partial charge in [-0.1, -0.05) is 26.0 Å². The molecule has 3 atom stereocenters. The zero-order valence-electron chi connectivity index (χ0n) is 8.09. The fourth-order valence-corrected chi connectivity index (χ4v) is 2.17. The third-order valence-electron chi connectivity index (χ3n) is 3.76. The molecule has 0 aromatic rings. The van der Waals surface area contributed by atoms with Crippen LogP contribution in [0.3, 0.4) is 0 Å². The number of hydrogen-bond acceptors (Lipinski definition) is 1. The van der Waals surface area contributed by atoms with E-state index in [1.54, 1.807) is 0 Å². The Hall–Kier alpha value is -0.790. The molecular weight excluding hydrogens is 152 g/mol. The lowest BCUT2D eigenvalue weighted by Crippen LogP contribution is -2.17. The Morgan fingerprint density at radius 3 is 2.25 bits per heavy atom. The first-order valence-corrected chi connectivity index (χ1v) is 4.28. The van der Waals surface area contributed by atoms with E-state index < -0.39 is 11.4 Å². The second kappa shape index (κ2) is 2.35. The largest absolute Gasteiger partial charge is 0.481 e. The van der Waals surface area contributed by atoms with Gasteiger partial charge in [0.2, 0.25) is 0 Å². The molecule has 0 heterocycles. The molecule has 3 unspecified atom stereocenters. The summed E-state index contributed by atoms with van der Waals surface area (Å²) in [4.78, 5) is 11.0. The maximum atomic E-state index is 11.0. The summed E-state index contributed by atoms with van der Waals surface area (Å²) in [7, 11) is 0. The van der Waals surface area contributed by atoms with E-state index in [1.807, 2.05) is 39.8 Å². The average molecular weight is 168 g/mol. The highest BCUT2D eigenvalue weighted by molar-refractivity contribution is 5.81. The average Bonchev–Trinajstić information content (AvgIpc) is 2.39. The lowest BCUT2D eigenvalue weighted by Gasteiger charge is -2.08. The van der Waals surface area contributed by atoms with Gasteiger partial charge in [0.05, 0.1) is 5.41 Å². The normalized spacial score (nSPS) is 46.5. The molecule has 12 heavy (non-hydrogen) atoms. The van der Waals surface area contributed by atoms with Crippen LogP contribution in [0.15, 0.2) is 12.2 Å². The van der Waals surface area contributed by atoms with Gasteiger partial charge in [0.25, 0.3) is 0 Å². The quantitative estimate of drug-likeness (QED) is 0.642. The molecule has 1 aliphatic rings. The lowest BCUT2D eigenvalue weighted by molar-refractivity contribution is -0.144. The zero-order valence-corrected chi connectivity index (χ0v) is 8.09. The first kappa shape index (κ1) is 9.30. The van der Waals surface area contributed by atoms with Crippen LogP contribution >= 0.6 is 0 Å². The highest BCUT2D eigenvalue weighted by Gasteiger charge is 2.71. The molecular formula is C10H16O2. The van der Waals surface area contributed by atoms with Crippen molar-refractivity contribution >= 4 is 5.97 Å². The molecule has 1 fully saturated rings. The second-order valence-corrected chi connectivity index (χ2v) is 4.01. The van der Waals surface area contributed by atoms with Crippen molar-refractivity contribution in [3.63, 3.8) is 0 Å². The van der Waals surface area contributed by atoms with Gasteiger partial charge in [-0.3, -0.25) is 4.79 Å². The van der Waals surface area contributed by atoms with E-state index in [0.29, 0.717) is 0 Å². The molecule has 2 heteroatoms. The maximum absolute atomic E-state index is 11.0. The minimum Gasteiger partial charge on any atom is -0.481 e. The van der Waals surface area contributed by atoms with E-state index in [0.717, 1.165) is 0 Å². The number of hydrogen-bond donors (Lipinski definition) is 1.